The first kappa shape index (κ1) is 62.8. The minimum Gasteiger partial charge on any atom is -0.580 e. The second-order valence-corrected chi connectivity index (χ2v) is 26.0. The van der Waals surface area contributed by atoms with Crippen molar-refractivity contribution in [2.24, 2.45) is 10.8 Å². The molecule has 0 radical (unpaired) electrons. The average molecular weight is 1180 g/mol. The Morgan fingerprint density at radius 1 is 0.390 bits per heavy atom. The van der Waals surface area contributed by atoms with Gasteiger partial charge in [0.05, 0.1) is 11.1 Å². The molecule has 424 valence electrons. The first-order valence-electron chi connectivity index (χ1n) is 27.9. The average Bonchev–Trinajstić information content (AvgIpc) is 3.46. The van der Waals surface area contributed by atoms with Crippen LogP contribution in [0.25, 0.3) is 87.6 Å². The number of phenols is 2. The Morgan fingerprint density at radius 2 is 0.683 bits per heavy atom. The smallest absolute Gasteiger partial charge is 0.263 e. The van der Waals surface area contributed by atoms with Gasteiger partial charge in [0.1, 0.15) is 29.6 Å². The Kier molecular flexibility index (Phi) is 18.5. The molecule has 4 N–H and O–H groups in total. The third-order valence-electron chi connectivity index (χ3n) is 15.7. The molecule has 4 nitrogen and oxygen atoms in total. The Morgan fingerprint density at radius 3 is 0.988 bits per heavy atom. The van der Waals surface area contributed by atoms with Gasteiger partial charge in [0.2, 0.25) is 0 Å². The normalized spacial score (nSPS) is 12.9. The van der Waals surface area contributed by atoms with E-state index in [9.17, 15) is 10.2 Å². The van der Waals surface area contributed by atoms with E-state index in [1.165, 1.54) is 24.3 Å². The van der Waals surface area contributed by atoms with E-state index in [4.69, 9.17) is 9.47 Å². The summed E-state index contributed by atoms with van der Waals surface area (Å²) in [5.74, 6) is 0.346. The second kappa shape index (κ2) is 24.2. The minimum atomic E-state index is -0.435. The first-order chi connectivity index (χ1) is 37.3. The van der Waals surface area contributed by atoms with E-state index in [0.717, 1.165) is 78.2 Å². The zero-order valence-electron chi connectivity index (χ0n) is 50.5. The van der Waals surface area contributed by atoms with Gasteiger partial charge in [-0.2, -0.15) is 0 Å². The number of ether oxygens (including phenoxy) is 2. The number of aliphatic hydroxyl groups is 2. The molecule has 0 spiro atoms. The number of halogens is 2. The van der Waals surface area contributed by atoms with Gasteiger partial charge in [-0.25, -0.2) is 8.78 Å². The molecule has 0 heterocycles. The molecule has 2 atom stereocenters. The van der Waals surface area contributed by atoms with Gasteiger partial charge >= 0.3 is 0 Å². The molecule has 0 fully saturated rings. The number of phenolic OH excluding ortho intramolecular Hbond substituents is 2. The number of benzene rings is 10. The summed E-state index contributed by atoms with van der Waals surface area (Å²) < 4.78 is 42.2. The SMILES string of the molecule is C[C@H](C[C@H](C)[OH+]c1ccc(F)cc1-c1cc(C(C)(C)CC(C)(C)C)cc(-c2c3ccccc3cc3ccccc23)c1O)[OH+]c1ccc(F)cc1-c1cc(C(C)(C)CC(C)(C)C)cc(-c2c3ccccc3cc3ccccc23)c1O.[CH3-].[CH3-].[Zr]. The Hall–Kier alpha value is -6.82. The Bertz CT molecular complexity index is 3590. The van der Waals surface area contributed by atoms with Crippen molar-refractivity contribution >= 4 is 43.1 Å². The second-order valence-electron chi connectivity index (χ2n) is 26.0. The van der Waals surface area contributed by atoms with Crippen LogP contribution in [0, 0.1) is 37.3 Å². The zero-order valence-corrected chi connectivity index (χ0v) is 52.9. The molecule has 0 bridgehead atoms. The molecule has 0 saturated heterocycles. The third kappa shape index (κ3) is 13.0. The van der Waals surface area contributed by atoms with Crippen molar-refractivity contribution in [3.05, 3.63) is 207 Å². The van der Waals surface area contributed by atoms with Crippen LogP contribution in [0.5, 0.6) is 23.0 Å². The van der Waals surface area contributed by atoms with Crippen LogP contribution in [0.1, 0.15) is 113 Å². The Labute approximate surface area is 505 Å². The number of hydrogen-bond donors (Lipinski definition) is 2. The van der Waals surface area contributed by atoms with Crippen molar-refractivity contribution in [1.29, 1.82) is 0 Å². The van der Waals surface area contributed by atoms with E-state index in [0.29, 0.717) is 51.3 Å². The van der Waals surface area contributed by atoms with Gasteiger partial charge in [-0.05, 0) is 149 Å². The van der Waals surface area contributed by atoms with Gasteiger partial charge in [0.15, 0.2) is 12.2 Å². The van der Waals surface area contributed by atoms with Crippen LogP contribution in [-0.2, 0) is 37.0 Å². The molecule has 0 aromatic heterocycles. The predicted molar refractivity (Wildman–Crippen MR) is 342 cm³/mol. The molecule has 10 rings (SSSR count). The van der Waals surface area contributed by atoms with Crippen LogP contribution in [0.2, 0.25) is 0 Å². The third-order valence-corrected chi connectivity index (χ3v) is 15.7. The fourth-order valence-electron chi connectivity index (χ4n) is 13.1. The summed E-state index contributed by atoms with van der Waals surface area (Å²) in [6.45, 7) is 26.5. The van der Waals surface area contributed by atoms with Crippen molar-refractivity contribution < 1.29 is 54.7 Å². The van der Waals surface area contributed by atoms with E-state index in [1.807, 2.05) is 74.5 Å². The van der Waals surface area contributed by atoms with Crippen molar-refractivity contribution in [3.63, 3.8) is 0 Å². The largest absolute Gasteiger partial charge is 0.580 e. The van der Waals surface area contributed by atoms with E-state index >= 15 is 8.78 Å². The van der Waals surface area contributed by atoms with Gasteiger partial charge < -0.3 is 34.5 Å². The Balaban J connectivity index is 0.00000323. The summed E-state index contributed by atoms with van der Waals surface area (Å²) in [5.41, 5.74) is 6.57. The summed E-state index contributed by atoms with van der Waals surface area (Å²) in [5, 5.41) is 33.9. The summed E-state index contributed by atoms with van der Waals surface area (Å²) in [4.78, 5) is 0. The van der Waals surface area contributed by atoms with Crippen molar-refractivity contribution in [2.75, 3.05) is 0 Å². The topological polar surface area (TPSA) is 66.1 Å². The number of rotatable bonds is 14. The molecule has 7 heteroatoms. The van der Waals surface area contributed by atoms with E-state index in [2.05, 4.69) is 142 Å². The van der Waals surface area contributed by atoms with Crippen LogP contribution >= 0.6 is 0 Å². The molecule has 0 saturated carbocycles. The molecule has 10 aromatic carbocycles. The van der Waals surface area contributed by atoms with Gasteiger partial charge in [-0.15, -0.1) is 0 Å². The van der Waals surface area contributed by atoms with E-state index in [1.54, 1.807) is 12.1 Å². The number of hydrogen-bond acceptors (Lipinski definition) is 2. The van der Waals surface area contributed by atoms with Gasteiger partial charge in [-0.3, -0.25) is 0 Å². The molecule has 0 aliphatic carbocycles. The fraction of sp³-hybridized carbons (Fsp3) is 0.280. The monoisotopic (exact) mass is 1170 g/mol. The van der Waals surface area contributed by atoms with E-state index < -0.39 is 11.6 Å². The molecular weight excluding hydrogens is 1090 g/mol. The van der Waals surface area contributed by atoms with Crippen LogP contribution < -0.4 is 0 Å². The van der Waals surface area contributed by atoms with Crippen molar-refractivity contribution in [2.45, 2.75) is 125 Å². The quantitative estimate of drug-likeness (QED) is 0.0647. The minimum absolute atomic E-state index is 0. The summed E-state index contributed by atoms with van der Waals surface area (Å²) in [6, 6.07) is 55.1. The molecule has 82 heavy (non-hydrogen) atoms. The molecule has 10 aromatic rings. The van der Waals surface area contributed by atoms with Gasteiger partial charge in [0, 0.05) is 85.6 Å². The zero-order chi connectivity index (χ0) is 56.3. The van der Waals surface area contributed by atoms with Crippen LogP contribution in [0.15, 0.2) is 170 Å². The van der Waals surface area contributed by atoms with Gasteiger partial charge in [0.25, 0.3) is 11.5 Å². The van der Waals surface area contributed by atoms with E-state index in [-0.39, 0.29) is 86.4 Å². The molecular formula is C75H82F2O4Zr. The number of aromatic hydroxyl groups is 4. The van der Waals surface area contributed by atoms with Gasteiger partial charge in [-0.1, -0.05) is 166 Å². The van der Waals surface area contributed by atoms with Crippen LogP contribution in [0.3, 0.4) is 0 Å². The van der Waals surface area contributed by atoms with Crippen LogP contribution in [-0.4, -0.2) is 31.9 Å². The number of fused-ring (bicyclic) bond motifs is 4. The molecule has 0 amide bonds. The summed E-state index contributed by atoms with van der Waals surface area (Å²) in [6.07, 6.45) is 1.56. The standard InChI is InChI=1S/C73H74F2O4.2CH3.Zr/c1-44(78-64-31-29-52(74)40-58(64)60-36-50(72(9,10)42-70(3,4)5)38-62(68(60)76)66-54-25-17-13-21-46(54)34-47-22-14-18-26-55(47)66)33-45(2)79-65-32-30-53(75)41-59(65)61-37-51(73(11,12)43-71(6,7)8)39-63(69(61)77)67-56-27-19-15-23-48(56)35-49-24-16-20-28-57(49)67;;;/h13-32,34-41,44-45,76-77H,33,42-43H2,1-12H3;2*1H3;/q;2*-1;/p+2/t44-,45+;;;. The maximum atomic E-state index is 15.8. The maximum absolute atomic E-state index is 15.8. The summed E-state index contributed by atoms with van der Waals surface area (Å²) >= 11 is 0. The van der Waals surface area contributed by atoms with Crippen molar-refractivity contribution in [3.8, 4) is 67.5 Å². The molecule has 0 aliphatic heterocycles. The summed E-state index contributed by atoms with van der Waals surface area (Å²) in [7, 11) is 0. The fourth-order valence-corrected chi connectivity index (χ4v) is 13.1. The van der Waals surface area contributed by atoms with Crippen molar-refractivity contribution in [1.82, 2.24) is 0 Å². The molecule has 0 aliphatic rings. The van der Waals surface area contributed by atoms with Crippen LogP contribution in [0.4, 0.5) is 8.78 Å². The first-order valence-corrected chi connectivity index (χ1v) is 27.9. The maximum Gasteiger partial charge on any atom is 0.263 e. The predicted octanol–water partition coefficient (Wildman–Crippen LogP) is 21.3. The molecule has 0 unspecified atom stereocenters.